The van der Waals surface area contributed by atoms with Crippen LogP contribution in [0.2, 0.25) is 0 Å². The molecular weight excluding hydrogens is 350 g/mol. The molecule has 0 N–H and O–H groups in total. The van der Waals surface area contributed by atoms with Crippen molar-refractivity contribution in [3.8, 4) is 0 Å². The zero-order valence-corrected chi connectivity index (χ0v) is 16.1. The molecule has 0 aromatic carbocycles. The van der Waals surface area contributed by atoms with E-state index in [-0.39, 0.29) is 18.1 Å². The van der Waals surface area contributed by atoms with E-state index >= 15 is 0 Å². The molecule has 1 saturated heterocycles. The highest BCUT2D eigenvalue weighted by molar-refractivity contribution is 7.18. The average Bonchev–Trinajstić information content (AvgIpc) is 3.25. The lowest BCUT2D eigenvalue weighted by atomic mass is 9.97. The Morgan fingerprint density at radius 2 is 1.96 bits per heavy atom. The van der Waals surface area contributed by atoms with Crippen LogP contribution in [0, 0.1) is 0 Å². The second-order valence-corrected chi connectivity index (χ2v) is 8.18. The number of aromatic nitrogens is 2. The normalized spacial score (nSPS) is 17.6. The van der Waals surface area contributed by atoms with Crippen molar-refractivity contribution in [1.82, 2.24) is 14.5 Å². The van der Waals surface area contributed by atoms with Crippen molar-refractivity contribution in [3.63, 3.8) is 0 Å². The van der Waals surface area contributed by atoms with Gasteiger partial charge in [0.25, 0.3) is 5.56 Å². The number of esters is 1. The van der Waals surface area contributed by atoms with Gasteiger partial charge in [0.15, 0.2) is 0 Å². The van der Waals surface area contributed by atoms with Crippen molar-refractivity contribution in [3.05, 3.63) is 26.6 Å². The Morgan fingerprint density at radius 3 is 2.73 bits per heavy atom. The Kier molecular flexibility index (Phi) is 5.09. The van der Waals surface area contributed by atoms with Crippen molar-refractivity contribution in [2.24, 2.45) is 0 Å². The summed E-state index contributed by atoms with van der Waals surface area (Å²) in [6.45, 7) is 4.71. The summed E-state index contributed by atoms with van der Waals surface area (Å²) < 4.78 is 6.65. The third-order valence-corrected chi connectivity index (χ3v) is 6.50. The fourth-order valence-electron chi connectivity index (χ4n) is 4.04. The Balaban J connectivity index is 1.80. The molecule has 140 valence electrons. The first-order valence-electron chi connectivity index (χ1n) is 9.59. The van der Waals surface area contributed by atoms with Crippen molar-refractivity contribution in [2.75, 3.05) is 19.7 Å². The monoisotopic (exact) mass is 375 g/mol. The first-order chi connectivity index (χ1) is 12.7. The standard InChI is InChI=1S/C19H25N3O3S/c1-2-25-16(23)12-22-15(11-21-9-5-6-10-21)20-18-17(19(22)24)13-7-3-4-8-14(13)26-18/h2-12H2,1H3. The van der Waals surface area contributed by atoms with Gasteiger partial charge in [-0.1, -0.05) is 0 Å². The maximum atomic E-state index is 13.3. The number of thiophene rings is 1. The second kappa shape index (κ2) is 7.48. The minimum atomic E-state index is -0.373. The predicted molar refractivity (Wildman–Crippen MR) is 102 cm³/mol. The summed E-state index contributed by atoms with van der Waals surface area (Å²) in [6.07, 6.45) is 6.63. The number of carbonyl (C=O) groups is 1. The zero-order chi connectivity index (χ0) is 18.1. The van der Waals surface area contributed by atoms with Gasteiger partial charge in [-0.05, 0) is 64.1 Å². The summed E-state index contributed by atoms with van der Waals surface area (Å²) in [4.78, 5) is 34.7. The first-order valence-corrected chi connectivity index (χ1v) is 10.4. The molecular formula is C19H25N3O3S. The van der Waals surface area contributed by atoms with Crippen LogP contribution in [0.4, 0.5) is 0 Å². The number of likely N-dealkylation sites (tertiary alicyclic amines) is 1. The summed E-state index contributed by atoms with van der Waals surface area (Å²) in [5.41, 5.74) is 1.09. The molecule has 0 amide bonds. The highest BCUT2D eigenvalue weighted by Crippen LogP contribution is 2.34. The third-order valence-electron chi connectivity index (χ3n) is 5.31. The van der Waals surface area contributed by atoms with Gasteiger partial charge in [0.1, 0.15) is 17.2 Å². The molecule has 1 aliphatic heterocycles. The van der Waals surface area contributed by atoms with E-state index in [4.69, 9.17) is 9.72 Å². The maximum Gasteiger partial charge on any atom is 0.326 e. The van der Waals surface area contributed by atoms with E-state index in [1.54, 1.807) is 22.8 Å². The molecule has 0 saturated carbocycles. The lowest BCUT2D eigenvalue weighted by Crippen LogP contribution is -2.32. The number of ether oxygens (including phenoxy) is 1. The average molecular weight is 375 g/mol. The van der Waals surface area contributed by atoms with Gasteiger partial charge in [-0.15, -0.1) is 11.3 Å². The van der Waals surface area contributed by atoms with Crippen molar-refractivity contribution in [2.45, 2.75) is 58.5 Å². The number of hydrogen-bond donors (Lipinski definition) is 0. The molecule has 1 fully saturated rings. The molecule has 1 aliphatic carbocycles. The van der Waals surface area contributed by atoms with Gasteiger partial charge in [-0.25, -0.2) is 4.98 Å². The molecule has 2 aromatic heterocycles. The second-order valence-electron chi connectivity index (χ2n) is 7.10. The Bertz CT molecular complexity index is 880. The van der Waals surface area contributed by atoms with Crippen LogP contribution in [-0.2, 0) is 35.5 Å². The number of nitrogens with zero attached hydrogens (tertiary/aromatic N) is 3. The van der Waals surface area contributed by atoms with E-state index in [2.05, 4.69) is 4.90 Å². The van der Waals surface area contributed by atoms with E-state index in [9.17, 15) is 9.59 Å². The molecule has 2 aromatic rings. The van der Waals surface area contributed by atoms with Gasteiger partial charge < -0.3 is 4.74 Å². The molecule has 26 heavy (non-hydrogen) atoms. The van der Waals surface area contributed by atoms with E-state index in [1.165, 1.54) is 29.7 Å². The highest BCUT2D eigenvalue weighted by atomic mass is 32.1. The SMILES string of the molecule is CCOC(=O)Cn1c(CN2CCCC2)nc2sc3c(c2c1=O)CCCC3. The van der Waals surface area contributed by atoms with Gasteiger partial charge in [0.2, 0.25) is 0 Å². The summed E-state index contributed by atoms with van der Waals surface area (Å²) in [6, 6.07) is 0. The molecule has 4 rings (SSSR count). The number of carbonyl (C=O) groups excluding carboxylic acids is 1. The molecule has 2 aliphatic rings. The number of hydrogen-bond acceptors (Lipinski definition) is 6. The molecule has 3 heterocycles. The largest absolute Gasteiger partial charge is 0.465 e. The van der Waals surface area contributed by atoms with Gasteiger partial charge in [0.05, 0.1) is 18.5 Å². The lowest BCUT2D eigenvalue weighted by molar-refractivity contribution is -0.143. The van der Waals surface area contributed by atoms with Gasteiger partial charge in [-0.2, -0.15) is 0 Å². The molecule has 0 bridgehead atoms. The van der Waals surface area contributed by atoms with Crippen LogP contribution in [0.5, 0.6) is 0 Å². The smallest absolute Gasteiger partial charge is 0.326 e. The van der Waals surface area contributed by atoms with Crippen LogP contribution in [0.3, 0.4) is 0 Å². The van der Waals surface area contributed by atoms with Crippen molar-refractivity contribution in [1.29, 1.82) is 0 Å². The van der Waals surface area contributed by atoms with Crippen LogP contribution in [0.25, 0.3) is 10.2 Å². The number of rotatable bonds is 5. The van der Waals surface area contributed by atoms with Crippen molar-refractivity contribution < 1.29 is 9.53 Å². The van der Waals surface area contributed by atoms with Crippen LogP contribution in [0.15, 0.2) is 4.79 Å². The summed E-state index contributed by atoms with van der Waals surface area (Å²) >= 11 is 1.66. The van der Waals surface area contributed by atoms with E-state index in [1.807, 2.05) is 0 Å². The van der Waals surface area contributed by atoms with Crippen LogP contribution >= 0.6 is 11.3 Å². The fourth-order valence-corrected chi connectivity index (χ4v) is 5.31. The van der Waals surface area contributed by atoms with Crippen LogP contribution < -0.4 is 5.56 Å². The molecule has 0 spiro atoms. The van der Waals surface area contributed by atoms with Gasteiger partial charge in [0, 0.05) is 4.88 Å². The Labute approximate surface area is 156 Å². The molecule has 6 nitrogen and oxygen atoms in total. The van der Waals surface area contributed by atoms with Gasteiger partial charge >= 0.3 is 5.97 Å². The first kappa shape index (κ1) is 17.7. The van der Waals surface area contributed by atoms with Crippen molar-refractivity contribution >= 4 is 27.5 Å². The molecule has 0 unspecified atom stereocenters. The van der Waals surface area contributed by atoms with E-state index in [0.717, 1.165) is 42.6 Å². The maximum absolute atomic E-state index is 13.3. The Morgan fingerprint density at radius 1 is 1.19 bits per heavy atom. The van der Waals surface area contributed by atoms with Crippen LogP contribution in [0.1, 0.15) is 48.9 Å². The lowest BCUT2D eigenvalue weighted by Gasteiger charge is -2.18. The minimum absolute atomic E-state index is 0.0522. The van der Waals surface area contributed by atoms with Gasteiger partial charge in [-0.3, -0.25) is 19.1 Å². The summed E-state index contributed by atoms with van der Waals surface area (Å²) in [5.74, 6) is 0.318. The Hall–Kier alpha value is -1.73. The highest BCUT2D eigenvalue weighted by Gasteiger charge is 2.24. The predicted octanol–water partition coefficient (Wildman–Crippen LogP) is 2.50. The van der Waals surface area contributed by atoms with Crippen LogP contribution in [-0.4, -0.2) is 40.1 Å². The van der Waals surface area contributed by atoms with E-state index < -0.39 is 0 Å². The molecule has 0 atom stereocenters. The quantitative estimate of drug-likeness (QED) is 0.752. The number of aryl methyl sites for hydroxylation is 2. The third kappa shape index (κ3) is 3.30. The minimum Gasteiger partial charge on any atom is -0.465 e. The van der Waals surface area contributed by atoms with E-state index in [0.29, 0.717) is 19.0 Å². The molecule has 0 radical (unpaired) electrons. The molecule has 7 heteroatoms. The zero-order valence-electron chi connectivity index (χ0n) is 15.3. The summed E-state index contributed by atoms with van der Waals surface area (Å²) in [5, 5.41) is 0.735. The summed E-state index contributed by atoms with van der Waals surface area (Å²) in [7, 11) is 0. The fraction of sp³-hybridized carbons (Fsp3) is 0.632. The topological polar surface area (TPSA) is 64.4 Å². The number of fused-ring (bicyclic) bond motifs is 3.